The van der Waals surface area contributed by atoms with Crippen LogP contribution in [0.5, 0.6) is 0 Å². The number of carbonyl (C=O) groups is 2. The number of amides is 2. The average molecular weight is 374 g/mol. The van der Waals surface area contributed by atoms with Crippen molar-refractivity contribution < 1.29 is 14.0 Å². The van der Waals surface area contributed by atoms with Crippen molar-refractivity contribution in [3.05, 3.63) is 54.3 Å². The van der Waals surface area contributed by atoms with Crippen molar-refractivity contribution in [1.29, 1.82) is 0 Å². The van der Waals surface area contributed by atoms with E-state index in [0.717, 1.165) is 4.90 Å². The van der Waals surface area contributed by atoms with E-state index in [-0.39, 0.29) is 17.6 Å². The van der Waals surface area contributed by atoms with Crippen LogP contribution in [0.2, 0.25) is 0 Å². The zero-order chi connectivity index (χ0) is 18.9. The van der Waals surface area contributed by atoms with E-state index in [0.29, 0.717) is 35.9 Å². The summed E-state index contributed by atoms with van der Waals surface area (Å²) in [4.78, 5) is 24.7. The lowest BCUT2D eigenvalue weighted by Gasteiger charge is -2.09. The summed E-state index contributed by atoms with van der Waals surface area (Å²) in [5.74, 6) is 0.545. The van der Waals surface area contributed by atoms with Gasteiger partial charge in [0.05, 0.1) is 0 Å². The van der Waals surface area contributed by atoms with Gasteiger partial charge in [-0.2, -0.15) is 0 Å². The van der Waals surface area contributed by atoms with Crippen LogP contribution in [0.1, 0.15) is 26.7 Å². The summed E-state index contributed by atoms with van der Waals surface area (Å²) in [7, 11) is 0. The molecule has 0 saturated carbocycles. The molecule has 0 aliphatic rings. The number of halogens is 1. The molecule has 0 aliphatic carbocycles. The zero-order valence-electron chi connectivity index (χ0n) is 14.9. The van der Waals surface area contributed by atoms with Gasteiger partial charge < -0.3 is 10.6 Å². The van der Waals surface area contributed by atoms with Gasteiger partial charge in [-0.25, -0.2) is 4.39 Å². The van der Waals surface area contributed by atoms with E-state index in [4.69, 9.17) is 0 Å². The van der Waals surface area contributed by atoms with Gasteiger partial charge >= 0.3 is 0 Å². The van der Waals surface area contributed by atoms with Gasteiger partial charge in [-0.15, -0.1) is 11.8 Å². The molecular formula is C20H23FN2O2S. The fraction of sp³-hybridized carbons (Fsp3) is 0.300. The number of benzene rings is 2. The van der Waals surface area contributed by atoms with Crippen LogP contribution in [0.15, 0.2) is 53.4 Å². The minimum atomic E-state index is -0.268. The van der Waals surface area contributed by atoms with Gasteiger partial charge in [0.25, 0.3) is 0 Å². The Morgan fingerprint density at radius 1 is 0.923 bits per heavy atom. The molecule has 0 radical (unpaired) electrons. The van der Waals surface area contributed by atoms with E-state index in [1.165, 1.54) is 23.9 Å². The fourth-order valence-electron chi connectivity index (χ4n) is 2.24. The number of nitrogens with one attached hydrogen (secondary N) is 2. The summed E-state index contributed by atoms with van der Waals surface area (Å²) in [5.41, 5.74) is 1.39. The van der Waals surface area contributed by atoms with Crippen molar-refractivity contribution in [2.75, 3.05) is 16.4 Å². The van der Waals surface area contributed by atoms with Gasteiger partial charge in [0.2, 0.25) is 11.8 Å². The van der Waals surface area contributed by atoms with Crippen molar-refractivity contribution >= 4 is 35.0 Å². The topological polar surface area (TPSA) is 58.2 Å². The highest BCUT2D eigenvalue weighted by Crippen LogP contribution is 2.19. The van der Waals surface area contributed by atoms with Gasteiger partial charge in [-0.1, -0.05) is 13.8 Å². The Balaban J connectivity index is 1.74. The lowest BCUT2D eigenvalue weighted by atomic mass is 10.1. The summed E-state index contributed by atoms with van der Waals surface area (Å²) < 4.78 is 12.8. The normalized spacial score (nSPS) is 10.6. The maximum atomic E-state index is 12.8. The third-order valence-electron chi connectivity index (χ3n) is 3.46. The second kappa shape index (κ2) is 9.97. The second-order valence-electron chi connectivity index (χ2n) is 6.32. The molecule has 0 aliphatic heterocycles. The molecule has 2 N–H and O–H groups in total. The number of thioether (sulfide) groups is 1. The van der Waals surface area contributed by atoms with Gasteiger partial charge in [0.15, 0.2) is 0 Å². The number of hydrogen-bond acceptors (Lipinski definition) is 3. The standard InChI is InChI=1S/C20H23FN2O2S/c1-14(2)13-20(25)23-17-7-5-16(6-8-17)22-19(24)11-12-26-18-9-3-15(21)4-10-18/h3-10,14H,11-13H2,1-2H3,(H,22,24)(H,23,25). The van der Waals surface area contributed by atoms with E-state index < -0.39 is 0 Å². The SMILES string of the molecule is CC(C)CC(=O)Nc1ccc(NC(=O)CCSc2ccc(F)cc2)cc1. The quantitative estimate of drug-likeness (QED) is 0.644. The van der Waals surface area contributed by atoms with E-state index in [2.05, 4.69) is 10.6 Å². The summed E-state index contributed by atoms with van der Waals surface area (Å²) >= 11 is 1.51. The highest BCUT2D eigenvalue weighted by molar-refractivity contribution is 7.99. The van der Waals surface area contributed by atoms with Crippen molar-refractivity contribution in [2.45, 2.75) is 31.6 Å². The summed E-state index contributed by atoms with van der Waals surface area (Å²) in [6.45, 7) is 3.99. The average Bonchev–Trinajstić information content (AvgIpc) is 2.58. The van der Waals surface area contributed by atoms with E-state index >= 15 is 0 Å². The molecule has 0 fully saturated rings. The Bertz CT molecular complexity index is 730. The van der Waals surface area contributed by atoms with Gasteiger partial charge in [0.1, 0.15) is 5.82 Å². The van der Waals surface area contributed by atoms with Crippen LogP contribution in [0.25, 0.3) is 0 Å². The predicted octanol–water partition coefficient (Wildman–Crippen LogP) is 4.93. The first kappa shape index (κ1) is 20.0. The van der Waals surface area contributed by atoms with Crippen LogP contribution >= 0.6 is 11.8 Å². The summed E-state index contributed by atoms with van der Waals surface area (Å²) in [6.07, 6.45) is 0.832. The molecule has 2 aromatic carbocycles. The van der Waals surface area contributed by atoms with Crippen molar-refractivity contribution in [3.63, 3.8) is 0 Å². The molecule has 0 spiro atoms. The molecule has 0 bridgehead atoms. The molecule has 4 nitrogen and oxygen atoms in total. The minimum absolute atomic E-state index is 0.0189. The third-order valence-corrected chi connectivity index (χ3v) is 4.47. The minimum Gasteiger partial charge on any atom is -0.326 e. The molecule has 2 aromatic rings. The second-order valence-corrected chi connectivity index (χ2v) is 7.49. The molecule has 0 unspecified atom stereocenters. The molecule has 138 valence electrons. The van der Waals surface area contributed by atoms with Gasteiger partial charge in [-0.05, 0) is 54.4 Å². The van der Waals surface area contributed by atoms with Crippen molar-refractivity contribution in [3.8, 4) is 0 Å². The first-order chi connectivity index (χ1) is 12.4. The number of carbonyl (C=O) groups excluding carboxylic acids is 2. The fourth-order valence-corrected chi connectivity index (χ4v) is 3.09. The van der Waals surface area contributed by atoms with Crippen LogP contribution in [-0.2, 0) is 9.59 Å². The molecule has 0 atom stereocenters. The highest BCUT2D eigenvalue weighted by Gasteiger charge is 2.06. The Hall–Kier alpha value is -2.34. The maximum absolute atomic E-state index is 12.8. The number of hydrogen-bond donors (Lipinski definition) is 2. The predicted molar refractivity (Wildman–Crippen MR) is 105 cm³/mol. The maximum Gasteiger partial charge on any atom is 0.225 e. The molecular weight excluding hydrogens is 351 g/mol. The van der Waals surface area contributed by atoms with Crippen LogP contribution < -0.4 is 10.6 Å². The zero-order valence-corrected chi connectivity index (χ0v) is 15.7. The van der Waals surface area contributed by atoms with E-state index in [1.54, 1.807) is 36.4 Å². The van der Waals surface area contributed by atoms with Crippen LogP contribution in [0, 0.1) is 11.7 Å². The van der Waals surface area contributed by atoms with Crippen molar-refractivity contribution in [2.24, 2.45) is 5.92 Å². The molecule has 26 heavy (non-hydrogen) atoms. The smallest absolute Gasteiger partial charge is 0.225 e. The third kappa shape index (κ3) is 7.27. The molecule has 2 amide bonds. The molecule has 0 saturated heterocycles. The Morgan fingerprint density at radius 2 is 1.46 bits per heavy atom. The van der Waals surface area contributed by atoms with Gasteiger partial charge in [0, 0.05) is 34.9 Å². The Labute approximate surface area is 157 Å². The van der Waals surface area contributed by atoms with Crippen molar-refractivity contribution in [1.82, 2.24) is 0 Å². The number of rotatable bonds is 8. The van der Waals surface area contributed by atoms with Crippen LogP contribution in [0.3, 0.4) is 0 Å². The first-order valence-electron chi connectivity index (χ1n) is 8.50. The molecule has 0 aromatic heterocycles. The largest absolute Gasteiger partial charge is 0.326 e. The van der Waals surface area contributed by atoms with E-state index in [9.17, 15) is 14.0 Å². The lowest BCUT2D eigenvalue weighted by molar-refractivity contribution is -0.117. The van der Waals surface area contributed by atoms with E-state index in [1.807, 2.05) is 13.8 Å². The molecule has 0 heterocycles. The van der Waals surface area contributed by atoms with Gasteiger partial charge in [-0.3, -0.25) is 9.59 Å². The number of anilines is 2. The molecule has 6 heteroatoms. The Morgan fingerprint density at radius 3 is 2.00 bits per heavy atom. The van der Waals surface area contributed by atoms with Crippen LogP contribution in [-0.4, -0.2) is 17.6 Å². The van der Waals surface area contributed by atoms with Crippen LogP contribution in [0.4, 0.5) is 15.8 Å². The monoisotopic (exact) mass is 374 g/mol. The Kier molecular flexibility index (Phi) is 7.66. The summed E-state index contributed by atoms with van der Waals surface area (Å²) in [6, 6.07) is 13.3. The first-order valence-corrected chi connectivity index (χ1v) is 9.49. The summed E-state index contributed by atoms with van der Waals surface area (Å²) in [5, 5.41) is 5.65. The highest BCUT2D eigenvalue weighted by atomic mass is 32.2. The molecule has 2 rings (SSSR count). The lowest BCUT2D eigenvalue weighted by Crippen LogP contribution is -2.14.